The van der Waals surface area contributed by atoms with E-state index in [-0.39, 0.29) is 23.8 Å². The molecule has 0 saturated carbocycles. The van der Waals surface area contributed by atoms with Crippen molar-refractivity contribution >= 4 is 23.5 Å². The van der Waals surface area contributed by atoms with Crippen molar-refractivity contribution in [3.05, 3.63) is 65.7 Å². The molecule has 30 heavy (non-hydrogen) atoms. The highest BCUT2D eigenvalue weighted by Crippen LogP contribution is 2.30. The molecule has 3 rings (SSSR count). The third-order valence-electron chi connectivity index (χ3n) is 5.50. The van der Waals surface area contributed by atoms with Gasteiger partial charge in [-0.3, -0.25) is 14.5 Å². The summed E-state index contributed by atoms with van der Waals surface area (Å²) < 4.78 is 5.32. The van der Waals surface area contributed by atoms with Crippen molar-refractivity contribution in [2.24, 2.45) is 5.92 Å². The molecule has 0 unspecified atom stereocenters. The van der Waals surface area contributed by atoms with Crippen molar-refractivity contribution < 1.29 is 24.2 Å². The van der Waals surface area contributed by atoms with Crippen LogP contribution in [0.3, 0.4) is 0 Å². The smallest absolute Gasteiger partial charge is 0.411 e. The molecular formula is C24H27NO5. The first kappa shape index (κ1) is 21.6. The van der Waals surface area contributed by atoms with Crippen LogP contribution in [0.4, 0.5) is 10.5 Å². The first-order valence-electron chi connectivity index (χ1n) is 10.3. The second kappa shape index (κ2) is 10.1. The van der Waals surface area contributed by atoms with Crippen molar-refractivity contribution in [3.63, 3.8) is 0 Å². The minimum atomic E-state index is -1.01. The number of amides is 1. The van der Waals surface area contributed by atoms with Crippen LogP contribution in [0.5, 0.6) is 0 Å². The third-order valence-corrected chi connectivity index (χ3v) is 5.50. The fourth-order valence-electron chi connectivity index (χ4n) is 3.74. The fraction of sp³-hybridized carbons (Fsp3) is 0.375. The highest BCUT2D eigenvalue weighted by molar-refractivity contribution is 5.95. The van der Waals surface area contributed by atoms with Crippen molar-refractivity contribution in [3.8, 4) is 0 Å². The van der Waals surface area contributed by atoms with Gasteiger partial charge in [-0.05, 0) is 62.4 Å². The first-order valence-corrected chi connectivity index (χ1v) is 10.3. The van der Waals surface area contributed by atoms with Gasteiger partial charge in [-0.15, -0.1) is 0 Å². The topological polar surface area (TPSA) is 83.9 Å². The van der Waals surface area contributed by atoms with Crippen LogP contribution in [0.2, 0.25) is 0 Å². The second-order valence-electron chi connectivity index (χ2n) is 7.66. The van der Waals surface area contributed by atoms with Crippen LogP contribution < -0.4 is 4.90 Å². The molecule has 0 spiro atoms. The molecule has 1 amide bonds. The van der Waals surface area contributed by atoms with Crippen molar-refractivity contribution in [2.45, 2.75) is 45.1 Å². The minimum absolute atomic E-state index is 0.0487. The summed E-state index contributed by atoms with van der Waals surface area (Å²) in [6, 6.07) is 16.5. The molecule has 6 nitrogen and oxygen atoms in total. The molecule has 2 aromatic carbocycles. The van der Waals surface area contributed by atoms with E-state index in [9.17, 15) is 19.5 Å². The number of benzene rings is 2. The SMILES string of the molecule is CC(=O)c1ccc(N(CCCCC[C@H]2OC(=O)[C@@H]2Cc2ccccc2)C(=O)O)cc1. The molecule has 0 aromatic heterocycles. The van der Waals surface area contributed by atoms with Gasteiger partial charge in [0.1, 0.15) is 6.10 Å². The normalized spacial score (nSPS) is 17.7. The van der Waals surface area contributed by atoms with E-state index in [4.69, 9.17) is 4.74 Å². The Kier molecular flexibility index (Phi) is 7.22. The lowest BCUT2D eigenvalue weighted by Crippen LogP contribution is -2.46. The van der Waals surface area contributed by atoms with Gasteiger partial charge in [-0.2, -0.15) is 0 Å². The minimum Gasteiger partial charge on any atom is -0.465 e. The van der Waals surface area contributed by atoms with E-state index in [1.54, 1.807) is 24.3 Å². The summed E-state index contributed by atoms with van der Waals surface area (Å²) in [5, 5.41) is 9.50. The quantitative estimate of drug-likeness (QED) is 0.349. The largest absolute Gasteiger partial charge is 0.465 e. The number of esters is 1. The molecule has 1 aliphatic heterocycles. The highest BCUT2D eigenvalue weighted by Gasteiger charge is 2.41. The maximum atomic E-state index is 11.8. The van der Waals surface area contributed by atoms with Gasteiger partial charge < -0.3 is 9.84 Å². The van der Waals surface area contributed by atoms with Crippen LogP contribution >= 0.6 is 0 Å². The van der Waals surface area contributed by atoms with Crippen LogP contribution in [0.15, 0.2) is 54.6 Å². The monoisotopic (exact) mass is 409 g/mol. The van der Waals surface area contributed by atoms with E-state index in [1.807, 2.05) is 30.3 Å². The van der Waals surface area contributed by atoms with Gasteiger partial charge in [0.15, 0.2) is 5.78 Å². The summed E-state index contributed by atoms with van der Waals surface area (Å²) >= 11 is 0. The number of ether oxygens (including phenoxy) is 1. The van der Waals surface area contributed by atoms with Gasteiger partial charge in [0.05, 0.1) is 5.92 Å². The number of rotatable bonds is 10. The van der Waals surface area contributed by atoms with Crippen LogP contribution in [0, 0.1) is 5.92 Å². The predicted octanol–water partition coefficient (Wildman–Crippen LogP) is 4.72. The summed E-state index contributed by atoms with van der Waals surface area (Å²) in [5.41, 5.74) is 2.25. The standard InChI is InChI=1S/C24H27NO5/c1-17(26)19-11-13-20(14-12-19)25(24(28)29)15-7-3-6-10-22-21(23(27)30-22)16-18-8-4-2-5-9-18/h2,4-5,8-9,11-14,21-22H,3,6-7,10,15-16H2,1H3,(H,28,29)/t21-,22-/m1/s1. The molecule has 158 valence electrons. The number of cyclic esters (lactones) is 1. The Bertz CT molecular complexity index is 878. The zero-order chi connectivity index (χ0) is 21.5. The average Bonchev–Trinajstić information content (AvgIpc) is 2.74. The van der Waals surface area contributed by atoms with E-state index in [0.717, 1.165) is 24.8 Å². The van der Waals surface area contributed by atoms with E-state index in [0.29, 0.717) is 30.6 Å². The Morgan fingerprint density at radius 2 is 1.70 bits per heavy atom. The van der Waals surface area contributed by atoms with Crippen LogP contribution in [-0.2, 0) is 16.0 Å². The molecule has 1 heterocycles. The molecule has 1 fully saturated rings. The average molecular weight is 409 g/mol. The van der Waals surface area contributed by atoms with Crippen LogP contribution in [-0.4, -0.2) is 35.6 Å². The Morgan fingerprint density at radius 1 is 1.00 bits per heavy atom. The van der Waals surface area contributed by atoms with Gasteiger partial charge in [-0.25, -0.2) is 4.79 Å². The summed E-state index contributed by atoms with van der Waals surface area (Å²) in [5.74, 6) is -0.261. The van der Waals surface area contributed by atoms with Gasteiger partial charge in [0.25, 0.3) is 0 Å². The lowest BCUT2D eigenvalue weighted by atomic mass is 9.87. The molecule has 1 aliphatic rings. The Labute approximate surface area is 176 Å². The molecule has 2 atom stereocenters. The lowest BCUT2D eigenvalue weighted by molar-refractivity contribution is -0.185. The van der Waals surface area contributed by atoms with Crippen LogP contribution in [0.1, 0.15) is 48.5 Å². The molecule has 2 aromatic rings. The summed E-state index contributed by atoms with van der Waals surface area (Å²) in [4.78, 5) is 36.1. The number of Topliss-reactive ketones (excluding diaryl/α,β-unsaturated/α-hetero) is 1. The maximum Gasteiger partial charge on any atom is 0.411 e. The predicted molar refractivity (Wildman–Crippen MR) is 114 cm³/mol. The third kappa shape index (κ3) is 5.47. The number of unbranched alkanes of at least 4 members (excludes halogenated alkanes) is 2. The van der Waals surface area contributed by atoms with Gasteiger partial charge >= 0.3 is 12.1 Å². The molecule has 6 heteroatoms. The van der Waals surface area contributed by atoms with Crippen LogP contribution in [0.25, 0.3) is 0 Å². The number of anilines is 1. The summed E-state index contributed by atoms with van der Waals surface area (Å²) in [6.07, 6.45) is 2.87. The van der Waals surface area contributed by atoms with Gasteiger partial charge in [0, 0.05) is 17.8 Å². The molecule has 0 aliphatic carbocycles. The number of carboxylic acid groups (broad SMARTS) is 1. The van der Waals surface area contributed by atoms with E-state index in [1.165, 1.54) is 11.8 Å². The van der Waals surface area contributed by atoms with Crippen molar-refractivity contribution in [1.29, 1.82) is 0 Å². The van der Waals surface area contributed by atoms with E-state index in [2.05, 4.69) is 0 Å². The van der Waals surface area contributed by atoms with Crippen molar-refractivity contribution in [2.75, 3.05) is 11.4 Å². The summed E-state index contributed by atoms with van der Waals surface area (Å²) in [6.45, 7) is 1.86. The van der Waals surface area contributed by atoms with Crippen molar-refractivity contribution in [1.82, 2.24) is 0 Å². The maximum absolute atomic E-state index is 11.8. The molecule has 0 radical (unpaired) electrons. The molecular weight excluding hydrogens is 382 g/mol. The number of hydrogen-bond donors (Lipinski definition) is 1. The molecule has 0 bridgehead atoms. The zero-order valence-corrected chi connectivity index (χ0v) is 17.1. The van der Waals surface area contributed by atoms with E-state index >= 15 is 0 Å². The second-order valence-corrected chi connectivity index (χ2v) is 7.66. The Hall–Kier alpha value is -3.15. The Morgan fingerprint density at radius 3 is 2.30 bits per heavy atom. The number of ketones is 1. The lowest BCUT2D eigenvalue weighted by Gasteiger charge is -2.35. The fourth-order valence-corrected chi connectivity index (χ4v) is 3.74. The first-order chi connectivity index (χ1) is 14.5. The number of nitrogens with zero attached hydrogens (tertiary/aromatic N) is 1. The molecule has 1 N–H and O–H groups in total. The number of carbonyl (C=O) groups is 3. The zero-order valence-electron chi connectivity index (χ0n) is 17.1. The number of hydrogen-bond acceptors (Lipinski definition) is 4. The van der Waals surface area contributed by atoms with E-state index < -0.39 is 6.09 Å². The Balaban J connectivity index is 1.42. The number of carbonyl (C=O) groups excluding carboxylic acids is 2. The van der Waals surface area contributed by atoms with Gasteiger partial charge in [-0.1, -0.05) is 36.8 Å². The highest BCUT2D eigenvalue weighted by atomic mass is 16.6. The van der Waals surface area contributed by atoms with Gasteiger partial charge in [0.2, 0.25) is 0 Å². The molecule has 1 saturated heterocycles. The summed E-state index contributed by atoms with van der Waals surface area (Å²) in [7, 11) is 0.